The minimum absolute atomic E-state index is 0.285. The smallest absolute Gasteiger partial charge is 0.273 e. The van der Waals surface area contributed by atoms with E-state index in [1.807, 2.05) is 5.38 Å². The van der Waals surface area contributed by atoms with Gasteiger partial charge in [-0.3, -0.25) is 0 Å². The van der Waals surface area contributed by atoms with Crippen LogP contribution in [-0.2, 0) is 0 Å². The molecule has 1 aliphatic heterocycles. The van der Waals surface area contributed by atoms with Crippen molar-refractivity contribution in [2.75, 3.05) is 18.0 Å². The Hall–Kier alpha value is -1.21. The fourth-order valence-electron chi connectivity index (χ4n) is 2.44. The van der Waals surface area contributed by atoms with Gasteiger partial charge in [0, 0.05) is 55.0 Å². The summed E-state index contributed by atoms with van der Waals surface area (Å²) in [5.41, 5.74) is 0. The molecule has 0 N–H and O–H groups in total. The van der Waals surface area contributed by atoms with Gasteiger partial charge in [-0.05, 0) is 12.8 Å². The Morgan fingerprint density at radius 2 is 2.05 bits per heavy atom. The molecule has 0 amide bonds. The first kappa shape index (κ1) is 12.5. The third-order valence-electron chi connectivity index (χ3n) is 3.76. The molecule has 2 aromatic rings. The van der Waals surface area contributed by atoms with Gasteiger partial charge in [0.15, 0.2) is 0 Å². The first-order chi connectivity index (χ1) is 9.88. The number of thiazole rings is 1. The second-order valence-corrected chi connectivity index (χ2v) is 6.90. The van der Waals surface area contributed by atoms with Crippen LogP contribution in [0.5, 0.6) is 5.19 Å². The molecule has 1 saturated heterocycles. The number of ether oxygens (including phenoxy) is 1. The molecule has 2 aliphatic rings. The molecule has 0 bridgehead atoms. The van der Waals surface area contributed by atoms with Crippen molar-refractivity contribution in [1.29, 1.82) is 0 Å². The van der Waals surface area contributed by atoms with Crippen molar-refractivity contribution in [2.45, 2.75) is 37.7 Å². The van der Waals surface area contributed by atoms with Gasteiger partial charge in [-0.2, -0.15) is 4.37 Å². The summed E-state index contributed by atoms with van der Waals surface area (Å²) >= 11 is 3.10. The number of hydrogen-bond donors (Lipinski definition) is 0. The summed E-state index contributed by atoms with van der Waals surface area (Å²) < 4.78 is 10.4. The lowest BCUT2D eigenvalue weighted by Gasteiger charge is -2.30. The largest absolute Gasteiger partial charge is 0.467 e. The van der Waals surface area contributed by atoms with Gasteiger partial charge < -0.3 is 9.64 Å². The van der Waals surface area contributed by atoms with Crippen LogP contribution in [0.4, 0.5) is 5.13 Å². The zero-order valence-corrected chi connectivity index (χ0v) is 12.7. The second kappa shape index (κ2) is 5.29. The molecule has 1 aliphatic carbocycles. The van der Waals surface area contributed by atoms with Gasteiger partial charge in [0.25, 0.3) is 5.19 Å². The van der Waals surface area contributed by atoms with Gasteiger partial charge in [0.2, 0.25) is 5.13 Å². The number of nitrogens with zero attached hydrogens (tertiary/aromatic N) is 4. The zero-order valence-electron chi connectivity index (χ0n) is 11.1. The maximum atomic E-state index is 5.88. The summed E-state index contributed by atoms with van der Waals surface area (Å²) in [6.45, 7) is 1.99. The maximum absolute atomic E-state index is 5.88. The highest BCUT2D eigenvalue weighted by Crippen LogP contribution is 2.40. The van der Waals surface area contributed by atoms with Gasteiger partial charge in [-0.25, -0.2) is 9.97 Å². The molecule has 0 unspecified atom stereocenters. The molecule has 20 heavy (non-hydrogen) atoms. The molecule has 4 rings (SSSR count). The van der Waals surface area contributed by atoms with Crippen molar-refractivity contribution in [1.82, 2.24) is 14.3 Å². The average Bonchev–Trinajstić information content (AvgIpc) is 3.00. The Morgan fingerprint density at radius 1 is 1.20 bits per heavy atom. The van der Waals surface area contributed by atoms with Crippen LogP contribution in [0.3, 0.4) is 0 Å². The van der Waals surface area contributed by atoms with Crippen molar-refractivity contribution >= 4 is 28.0 Å². The predicted molar refractivity (Wildman–Crippen MR) is 79.9 cm³/mol. The fourth-order valence-corrected chi connectivity index (χ4v) is 3.79. The van der Waals surface area contributed by atoms with Crippen LogP contribution in [0.2, 0.25) is 0 Å². The quantitative estimate of drug-likeness (QED) is 0.869. The van der Waals surface area contributed by atoms with Crippen molar-refractivity contribution in [3.63, 3.8) is 0 Å². The minimum atomic E-state index is 0.285. The molecular formula is C13H16N4OS2. The van der Waals surface area contributed by atoms with E-state index in [1.54, 1.807) is 29.1 Å². The lowest BCUT2D eigenvalue weighted by molar-refractivity contribution is 0.170. The summed E-state index contributed by atoms with van der Waals surface area (Å²) in [6, 6.07) is 0. The number of anilines is 1. The highest BCUT2D eigenvalue weighted by molar-refractivity contribution is 7.11. The monoisotopic (exact) mass is 308 g/mol. The van der Waals surface area contributed by atoms with E-state index in [-0.39, 0.29) is 6.10 Å². The van der Waals surface area contributed by atoms with E-state index in [2.05, 4.69) is 19.2 Å². The molecule has 2 fully saturated rings. The van der Waals surface area contributed by atoms with Crippen LogP contribution < -0.4 is 9.64 Å². The van der Waals surface area contributed by atoms with E-state index in [1.165, 1.54) is 12.8 Å². The van der Waals surface area contributed by atoms with E-state index in [9.17, 15) is 0 Å². The van der Waals surface area contributed by atoms with Gasteiger partial charge in [-0.15, -0.1) is 0 Å². The van der Waals surface area contributed by atoms with Crippen LogP contribution in [0.15, 0.2) is 11.6 Å². The maximum Gasteiger partial charge on any atom is 0.273 e. The summed E-state index contributed by atoms with van der Waals surface area (Å²) in [4.78, 5) is 11.2. The number of hydrogen-bond acceptors (Lipinski definition) is 7. The standard InChI is InChI=1S/C13H16N4OS2/c1-2-9(1)11-15-12(20-16-11)17-6-3-10(4-7-17)18-13-14-5-8-19-13/h5,8-10H,1-4,6-7H2. The van der Waals surface area contributed by atoms with Crippen LogP contribution in [0, 0.1) is 0 Å². The molecule has 0 aromatic carbocycles. The number of piperidine rings is 1. The average molecular weight is 308 g/mol. The van der Waals surface area contributed by atoms with Gasteiger partial charge in [0.05, 0.1) is 0 Å². The lowest BCUT2D eigenvalue weighted by atomic mass is 10.1. The predicted octanol–water partition coefficient (Wildman–Crippen LogP) is 2.92. The van der Waals surface area contributed by atoms with Crippen molar-refractivity contribution in [3.8, 4) is 5.19 Å². The van der Waals surface area contributed by atoms with Crippen molar-refractivity contribution in [3.05, 3.63) is 17.4 Å². The third-order valence-corrected chi connectivity index (χ3v) is 5.22. The Kier molecular flexibility index (Phi) is 3.31. The summed E-state index contributed by atoms with van der Waals surface area (Å²) in [6.07, 6.45) is 6.65. The first-order valence-electron chi connectivity index (χ1n) is 7.03. The van der Waals surface area contributed by atoms with E-state index in [0.717, 1.165) is 42.1 Å². The van der Waals surface area contributed by atoms with Crippen LogP contribution in [0.1, 0.15) is 37.4 Å². The Balaban J connectivity index is 1.34. The highest BCUT2D eigenvalue weighted by atomic mass is 32.1. The van der Waals surface area contributed by atoms with Gasteiger partial charge >= 0.3 is 0 Å². The SMILES string of the molecule is c1csc(OC2CCN(c3nc(C4CC4)ns3)CC2)n1. The molecule has 0 spiro atoms. The van der Waals surface area contributed by atoms with E-state index < -0.39 is 0 Å². The molecule has 2 aromatic heterocycles. The summed E-state index contributed by atoms with van der Waals surface area (Å²) in [5, 5.41) is 3.82. The van der Waals surface area contributed by atoms with Crippen molar-refractivity contribution in [2.24, 2.45) is 0 Å². The van der Waals surface area contributed by atoms with Crippen molar-refractivity contribution < 1.29 is 4.74 Å². The van der Waals surface area contributed by atoms with E-state index >= 15 is 0 Å². The molecule has 5 nitrogen and oxygen atoms in total. The first-order valence-corrected chi connectivity index (χ1v) is 8.68. The fraction of sp³-hybridized carbons (Fsp3) is 0.615. The zero-order chi connectivity index (χ0) is 13.4. The van der Waals surface area contributed by atoms with E-state index in [4.69, 9.17) is 4.74 Å². The summed E-state index contributed by atoms with van der Waals surface area (Å²) in [5.74, 6) is 1.71. The third kappa shape index (κ3) is 2.64. The Bertz CT molecular complexity index is 559. The van der Waals surface area contributed by atoms with Gasteiger partial charge in [-0.1, -0.05) is 11.3 Å². The van der Waals surface area contributed by atoms with Gasteiger partial charge in [0.1, 0.15) is 11.9 Å². The van der Waals surface area contributed by atoms with Crippen LogP contribution in [0.25, 0.3) is 0 Å². The molecular weight excluding hydrogens is 292 g/mol. The summed E-state index contributed by atoms with van der Waals surface area (Å²) in [7, 11) is 0. The number of aromatic nitrogens is 3. The molecule has 1 saturated carbocycles. The molecule has 0 radical (unpaired) electrons. The molecule has 3 heterocycles. The molecule has 106 valence electrons. The van der Waals surface area contributed by atoms with E-state index in [0.29, 0.717) is 5.92 Å². The lowest BCUT2D eigenvalue weighted by Crippen LogP contribution is -2.38. The minimum Gasteiger partial charge on any atom is -0.467 e. The Morgan fingerprint density at radius 3 is 2.75 bits per heavy atom. The Labute approximate surface area is 125 Å². The normalized spacial score (nSPS) is 20.3. The van der Waals surface area contributed by atoms with Crippen LogP contribution >= 0.6 is 22.9 Å². The molecule has 0 atom stereocenters. The molecule has 7 heteroatoms. The highest BCUT2D eigenvalue weighted by Gasteiger charge is 2.29. The second-order valence-electron chi connectivity index (χ2n) is 5.31. The topological polar surface area (TPSA) is 51.1 Å². The van der Waals surface area contributed by atoms with Crippen LogP contribution in [-0.4, -0.2) is 33.5 Å². The number of rotatable bonds is 4.